The second-order valence-corrected chi connectivity index (χ2v) is 1.80. The summed E-state index contributed by atoms with van der Waals surface area (Å²) < 4.78 is 0. The molecule has 11 heavy (non-hydrogen) atoms. The van der Waals surface area contributed by atoms with E-state index >= 15 is 0 Å². The molecule has 1 aromatic heterocycles. The number of rotatable bonds is 3. The smallest absolute Gasteiger partial charge is 0.286 e. The summed E-state index contributed by atoms with van der Waals surface area (Å²) in [7, 11) is 0. The molecule has 0 unspecified atom stereocenters. The minimum absolute atomic E-state index is 0.373. The van der Waals surface area contributed by atoms with E-state index in [4.69, 9.17) is 0 Å². The van der Waals surface area contributed by atoms with Crippen LogP contribution in [0.3, 0.4) is 0 Å². The summed E-state index contributed by atoms with van der Waals surface area (Å²) in [6.07, 6.45) is 2.01. The minimum Gasteiger partial charge on any atom is -0.357 e. The van der Waals surface area contributed by atoms with E-state index < -0.39 is 0 Å². The van der Waals surface area contributed by atoms with Gasteiger partial charge in [0.1, 0.15) is 5.69 Å². The van der Waals surface area contributed by atoms with Crippen LogP contribution in [0.15, 0.2) is 18.3 Å². The Morgan fingerprint density at radius 1 is 1.64 bits per heavy atom. The van der Waals surface area contributed by atoms with Crippen LogP contribution in [0.25, 0.3) is 0 Å². The highest BCUT2D eigenvalue weighted by Crippen LogP contribution is 1.91. The number of hydrazine groups is 1. The fraction of sp³-hybridized carbons (Fsp3) is 0. The maximum absolute atomic E-state index is 10.9. The van der Waals surface area contributed by atoms with Crippen molar-refractivity contribution in [3.63, 3.8) is 0 Å². The first-order chi connectivity index (χ1) is 5.34. The molecular weight excluding hydrogens is 146 g/mol. The SMILES string of the molecule is O=CNNC(=O)c1ccc[nH]1. The van der Waals surface area contributed by atoms with Crippen molar-refractivity contribution in [2.24, 2.45) is 0 Å². The highest BCUT2D eigenvalue weighted by atomic mass is 16.2. The Bertz CT molecular complexity index is 242. The van der Waals surface area contributed by atoms with Gasteiger partial charge in [-0.1, -0.05) is 0 Å². The zero-order chi connectivity index (χ0) is 8.10. The Balaban J connectivity index is 2.49. The Hall–Kier alpha value is -1.78. The van der Waals surface area contributed by atoms with Crippen molar-refractivity contribution in [2.45, 2.75) is 0 Å². The lowest BCUT2D eigenvalue weighted by Gasteiger charge is -1.98. The molecule has 58 valence electrons. The van der Waals surface area contributed by atoms with Gasteiger partial charge >= 0.3 is 0 Å². The van der Waals surface area contributed by atoms with E-state index in [2.05, 4.69) is 10.4 Å². The minimum atomic E-state index is -0.373. The second kappa shape index (κ2) is 3.40. The number of hydrogen-bond acceptors (Lipinski definition) is 2. The quantitative estimate of drug-likeness (QED) is 0.401. The van der Waals surface area contributed by atoms with Crippen LogP contribution >= 0.6 is 0 Å². The van der Waals surface area contributed by atoms with Gasteiger partial charge in [0.2, 0.25) is 6.41 Å². The molecule has 0 aliphatic heterocycles. The summed E-state index contributed by atoms with van der Waals surface area (Å²) in [5.41, 5.74) is 4.58. The molecule has 0 saturated carbocycles. The molecule has 0 aromatic carbocycles. The molecule has 5 heteroatoms. The van der Waals surface area contributed by atoms with Crippen LogP contribution in [0.4, 0.5) is 0 Å². The fourth-order valence-corrected chi connectivity index (χ4v) is 0.634. The molecule has 0 fully saturated rings. The van der Waals surface area contributed by atoms with Gasteiger partial charge < -0.3 is 4.98 Å². The van der Waals surface area contributed by atoms with E-state index in [9.17, 15) is 9.59 Å². The van der Waals surface area contributed by atoms with E-state index in [-0.39, 0.29) is 5.91 Å². The van der Waals surface area contributed by atoms with Crippen molar-refractivity contribution >= 4 is 12.3 Å². The molecule has 1 rings (SSSR count). The summed E-state index contributed by atoms with van der Waals surface area (Å²) in [5, 5.41) is 0. The molecule has 1 aromatic rings. The third-order valence-corrected chi connectivity index (χ3v) is 1.09. The van der Waals surface area contributed by atoms with Crippen LogP contribution < -0.4 is 10.9 Å². The maximum atomic E-state index is 10.9. The number of aromatic amines is 1. The monoisotopic (exact) mass is 153 g/mol. The Morgan fingerprint density at radius 2 is 2.45 bits per heavy atom. The van der Waals surface area contributed by atoms with Crippen molar-refractivity contribution in [2.75, 3.05) is 0 Å². The van der Waals surface area contributed by atoms with Crippen LogP contribution in [-0.2, 0) is 4.79 Å². The summed E-state index contributed by atoms with van der Waals surface area (Å²) in [6, 6.07) is 3.29. The molecule has 0 aliphatic rings. The second-order valence-electron chi connectivity index (χ2n) is 1.80. The molecule has 5 nitrogen and oxygen atoms in total. The Morgan fingerprint density at radius 3 is 3.00 bits per heavy atom. The van der Waals surface area contributed by atoms with Gasteiger partial charge in [-0.15, -0.1) is 0 Å². The number of hydrogen-bond donors (Lipinski definition) is 3. The largest absolute Gasteiger partial charge is 0.357 e. The van der Waals surface area contributed by atoms with Crippen molar-refractivity contribution < 1.29 is 9.59 Å². The number of nitrogens with one attached hydrogen (secondary N) is 3. The highest BCUT2D eigenvalue weighted by Gasteiger charge is 2.02. The van der Waals surface area contributed by atoms with E-state index in [1.165, 1.54) is 0 Å². The van der Waals surface area contributed by atoms with E-state index in [0.29, 0.717) is 12.1 Å². The lowest BCUT2D eigenvalue weighted by atomic mass is 10.4. The van der Waals surface area contributed by atoms with E-state index in [1.54, 1.807) is 18.3 Å². The summed E-state index contributed by atoms with van der Waals surface area (Å²) in [4.78, 5) is 23.3. The predicted octanol–water partition coefficient (Wildman–Crippen LogP) is -0.595. The number of H-pyrrole nitrogens is 1. The lowest BCUT2D eigenvalue weighted by Crippen LogP contribution is -2.36. The van der Waals surface area contributed by atoms with Crippen LogP contribution in [0.2, 0.25) is 0 Å². The number of amides is 2. The van der Waals surface area contributed by atoms with Crippen LogP contribution in [0.1, 0.15) is 10.5 Å². The van der Waals surface area contributed by atoms with Gasteiger partial charge in [0.05, 0.1) is 0 Å². The fourth-order valence-electron chi connectivity index (χ4n) is 0.634. The first-order valence-electron chi connectivity index (χ1n) is 2.97. The van der Waals surface area contributed by atoms with E-state index in [1.807, 2.05) is 5.43 Å². The molecule has 1 heterocycles. The average molecular weight is 153 g/mol. The summed E-state index contributed by atoms with van der Waals surface area (Å²) in [6.45, 7) is 0. The van der Waals surface area contributed by atoms with Crippen molar-refractivity contribution in [3.8, 4) is 0 Å². The van der Waals surface area contributed by atoms with Gasteiger partial charge in [0.15, 0.2) is 0 Å². The Labute approximate surface area is 62.8 Å². The average Bonchev–Trinajstić information content (AvgIpc) is 2.52. The zero-order valence-corrected chi connectivity index (χ0v) is 5.63. The molecule has 0 atom stereocenters. The standard InChI is InChI=1S/C6H7N3O2/c10-4-8-9-6(11)5-2-1-3-7-5/h1-4,7H,(H,8,10)(H,9,11). The molecule has 3 N–H and O–H groups in total. The van der Waals surface area contributed by atoms with Crippen molar-refractivity contribution in [1.82, 2.24) is 15.8 Å². The first kappa shape index (κ1) is 7.33. The van der Waals surface area contributed by atoms with E-state index in [0.717, 1.165) is 0 Å². The van der Waals surface area contributed by atoms with Gasteiger partial charge in [-0.05, 0) is 12.1 Å². The normalized spacial score (nSPS) is 8.73. The molecule has 2 amide bonds. The van der Waals surface area contributed by atoms with Gasteiger partial charge in [-0.2, -0.15) is 0 Å². The predicted molar refractivity (Wildman–Crippen MR) is 37.5 cm³/mol. The Kier molecular flexibility index (Phi) is 2.27. The number of carbonyl (C=O) groups is 2. The van der Waals surface area contributed by atoms with Crippen molar-refractivity contribution in [1.29, 1.82) is 0 Å². The van der Waals surface area contributed by atoms with Gasteiger partial charge in [-0.25, -0.2) is 0 Å². The van der Waals surface area contributed by atoms with Crippen LogP contribution in [0.5, 0.6) is 0 Å². The third kappa shape index (κ3) is 1.82. The topological polar surface area (TPSA) is 74.0 Å². The number of aromatic nitrogens is 1. The number of carbonyl (C=O) groups excluding carboxylic acids is 2. The van der Waals surface area contributed by atoms with Gasteiger partial charge in [-0.3, -0.25) is 20.4 Å². The van der Waals surface area contributed by atoms with Crippen LogP contribution in [0, 0.1) is 0 Å². The molecule has 0 spiro atoms. The molecule has 0 saturated heterocycles. The molecule has 0 aliphatic carbocycles. The first-order valence-corrected chi connectivity index (χ1v) is 2.97. The summed E-state index contributed by atoms with van der Waals surface area (Å²) in [5.74, 6) is -0.373. The van der Waals surface area contributed by atoms with Crippen LogP contribution in [-0.4, -0.2) is 17.3 Å². The third-order valence-electron chi connectivity index (χ3n) is 1.09. The molecular formula is C6H7N3O2. The summed E-state index contributed by atoms with van der Waals surface area (Å²) >= 11 is 0. The molecule has 0 radical (unpaired) electrons. The van der Waals surface area contributed by atoms with Crippen molar-refractivity contribution in [3.05, 3.63) is 24.0 Å². The lowest BCUT2D eigenvalue weighted by molar-refractivity contribution is -0.110. The maximum Gasteiger partial charge on any atom is 0.286 e. The van der Waals surface area contributed by atoms with Gasteiger partial charge in [0, 0.05) is 6.20 Å². The zero-order valence-electron chi connectivity index (χ0n) is 5.63. The highest BCUT2D eigenvalue weighted by molar-refractivity contribution is 5.92. The molecule has 0 bridgehead atoms. The van der Waals surface area contributed by atoms with Gasteiger partial charge in [0.25, 0.3) is 5.91 Å².